The number of nitrogens with zero attached hydrogens (tertiary/aromatic N) is 4. The Labute approximate surface area is 213 Å². The van der Waals surface area contributed by atoms with E-state index < -0.39 is 0 Å². The Morgan fingerprint density at radius 2 is 1.72 bits per heavy atom. The van der Waals surface area contributed by atoms with E-state index in [1.807, 2.05) is 40.1 Å². The summed E-state index contributed by atoms with van der Waals surface area (Å²) in [7, 11) is 0. The number of rotatable bonds is 7. The minimum absolute atomic E-state index is 0.0142. The third kappa shape index (κ3) is 4.62. The summed E-state index contributed by atoms with van der Waals surface area (Å²) in [5, 5.41) is 0. The topological polar surface area (TPSA) is 82.2 Å². The lowest BCUT2D eigenvalue weighted by molar-refractivity contribution is -0.127. The number of piperidine rings is 1. The summed E-state index contributed by atoms with van der Waals surface area (Å²) in [5.74, 6) is 0.430. The first-order valence-electron chi connectivity index (χ1n) is 13.1. The maximum absolute atomic E-state index is 13.4. The average molecular weight is 486 g/mol. The first kappa shape index (κ1) is 24.1. The molecule has 2 amide bonds. The smallest absolute Gasteiger partial charge is 0.254 e. The third-order valence-electron chi connectivity index (χ3n) is 7.33. The number of benzene rings is 2. The zero-order valence-electron chi connectivity index (χ0n) is 21.2. The van der Waals surface area contributed by atoms with Crippen LogP contribution in [0.4, 0.5) is 11.4 Å². The molecule has 7 nitrogen and oxygen atoms in total. The molecular weight excluding hydrogens is 450 g/mol. The number of aliphatic imine (C=N–C) groups is 1. The van der Waals surface area contributed by atoms with Crippen LogP contribution in [0.3, 0.4) is 0 Å². The highest BCUT2D eigenvalue weighted by Crippen LogP contribution is 2.37. The molecule has 7 heteroatoms. The number of carbonyl (C=O) groups is 2. The number of amidine groups is 1. The first-order valence-corrected chi connectivity index (χ1v) is 13.1. The standard InChI is InChI=1S/C29H35N5O2/c1-3-12-32(13-4-2)29(36)22-14-20-10-11-21(15-26(20)31-27(30)16-22)28(35)33-18-24-17-25(19-33)34(24)23-8-6-5-7-9-23/h5-11,14-15,24-25H,3-4,12-13,16-19H2,1-2H3,(H2,30,31). The van der Waals surface area contributed by atoms with Gasteiger partial charge in [-0.25, -0.2) is 4.99 Å². The molecule has 4 heterocycles. The van der Waals surface area contributed by atoms with Crippen molar-refractivity contribution in [2.24, 2.45) is 10.7 Å². The Morgan fingerprint density at radius 1 is 1.03 bits per heavy atom. The molecule has 188 valence electrons. The molecule has 0 aromatic heterocycles. The quantitative estimate of drug-likeness (QED) is 0.637. The summed E-state index contributed by atoms with van der Waals surface area (Å²) in [6.07, 6.45) is 5.14. The Balaban J connectivity index is 1.33. The number of fused-ring (bicyclic) bond motifs is 3. The Kier molecular flexibility index (Phi) is 6.81. The Hall–Kier alpha value is -3.61. The van der Waals surface area contributed by atoms with E-state index in [1.54, 1.807) is 0 Å². The molecule has 2 unspecified atom stereocenters. The van der Waals surface area contributed by atoms with Gasteiger partial charge in [0.1, 0.15) is 5.84 Å². The second-order valence-electron chi connectivity index (χ2n) is 10.0. The van der Waals surface area contributed by atoms with Crippen molar-refractivity contribution >= 4 is 35.1 Å². The van der Waals surface area contributed by atoms with E-state index in [0.717, 1.165) is 51.0 Å². The van der Waals surface area contributed by atoms with Crippen molar-refractivity contribution in [1.82, 2.24) is 9.80 Å². The highest BCUT2D eigenvalue weighted by atomic mass is 16.2. The average Bonchev–Trinajstić information content (AvgIpc) is 3.05. The second-order valence-corrected chi connectivity index (χ2v) is 10.0. The van der Waals surface area contributed by atoms with E-state index >= 15 is 0 Å². The lowest BCUT2D eigenvalue weighted by Crippen LogP contribution is -2.69. The van der Waals surface area contributed by atoms with Gasteiger partial charge in [-0.15, -0.1) is 0 Å². The molecule has 2 aromatic carbocycles. The molecule has 36 heavy (non-hydrogen) atoms. The van der Waals surface area contributed by atoms with E-state index in [0.29, 0.717) is 41.2 Å². The molecule has 0 spiro atoms. The summed E-state index contributed by atoms with van der Waals surface area (Å²) >= 11 is 0. The number of anilines is 1. The van der Waals surface area contributed by atoms with E-state index in [9.17, 15) is 9.59 Å². The van der Waals surface area contributed by atoms with Crippen LogP contribution in [0.15, 0.2) is 59.1 Å². The van der Waals surface area contributed by atoms with E-state index in [1.165, 1.54) is 5.69 Å². The molecule has 0 radical (unpaired) electrons. The Morgan fingerprint density at radius 3 is 2.39 bits per heavy atom. The summed E-state index contributed by atoms with van der Waals surface area (Å²) in [6.45, 7) is 7.03. The predicted octanol–water partition coefficient (Wildman–Crippen LogP) is 4.21. The van der Waals surface area contributed by atoms with Gasteiger partial charge in [0.25, 0.3) is 5.91 Å². The lowest BCUT2D eigenvalue weighted by Gasteiger charge is -2.57. The van der Waals surface area contributed by atoms with Gasteiger partial charge in [0, 0.05) is 67.1 Å². The van der Waals surface area contributed by atoms with Crippen LogP contribution in [0.25, 0.3) is 6.08 Å². The van der Waals surface area contributed by atoms with Crippen molar-refractivity contribution in [3.63, 3.8) is 0 Å². The summed E-state index contributed by atoms with van der Waals surface area (Å²) in [6, 6.07) is 16.7. The predicted molar refractivity (Wildman–Crippen MR) is 144 cm³/mol. The van der Waals surface area contributed by atoms with Gasteiger partial charge in [-0.05, 0) is 49.6 Å². The van der Waals surface area contributed by atoms with Gasteiger partial charge in [-0.3, -0.25) is 9.59 Å². The molecule has 2 bridgehead atoms. The molecule has 2 atom stereocenters. The fourth-order valence-electron chi connectivity index (χ4n) is 5.70. The number of piperazine rings is 1. The number of hydrogen-bond acceptors (Lipinski definition) is 5. The van der Waals surface area contributed by atoms with Crippen LogP contribution in [0.2, 0.25) is 0 Å². The van der Waals surface area contributed by atoms with Crippen LogP contribution < -0.4 is 10.6 Å². The van der Waals surface area contributed by atoms with Crippen LogP contribution in [0.1, 0.15) is 55.5 Å². The normalized spacial score (nSPS) is 20.5. The molecule has 3 fully saturated rings. The van der Waals surface area contributed by atoms with Crippen molar-refractivity contribution in [3.05, 3.63) is 65.2 Å². The van der Waals surface area contributed by atoms with Crippen LogP contribution in [0.5, 0.6) is 0 Å². The number of nitrogens with two attached hydrogens (primary N) is 1. The van der Waals surface area contributed by atoms with E-state index in [2.05, 4.69) is 48.0 Å². The minimum Gasteiger partial charge on any atom is -0.387 e. The van der Waals surface area contributed by atoms with Crippen LogP contribution in [0, 0.1) is 0 Å². The Bertz CT molecular complexity index is 1190. The van der Waals surface area contributed by atoms with E-state index in [-0.39, 0.29) is 11.8 Å². The van der Waals surface area contributed by atoms with Crippen molar-refractivity contribution in [2.45, 2.75) is 51.6 Å². The van der Waals surface area contributed by atoms with Crippen molar-refractivity contribution in [2.75, 3.05) is 31.1 Å². The number of hydrogen-bond donors (Lipinski definition) is 1. The molecule has 0 saturated carbocycles. The summed E-state index contributed by atoms with van der Waals surface area (Å²) < 4.78 is 0. The van der Waals surface area contributed by atoms with Crippen LogP contribution >= 0.6 is 0 Å². The van der Waals surface area contributed by atoms with Crippen LogP contribution in [-0.2, 0) is 4.79 Å². The zero-order chi connectivity index (χ0) is 25.2. The molecule has 4 aliphatic heterocycles. The zero-order valence-corrected chi connectivity index (χ0v) is 21.2. The highest BCUT2D eigenvalue weighted by Gasteiger charge is 2.46. The molecule has 2 N–H and O–H groups in total. The molecule has 3 saturated heterocycles. The van der Waals surface area contributed by atoms with Crippen molar-refractivity contribution in [3.8, 4) is 0 Å². The largest absolute Gasteiger partial charge is 0.387 e. The SMILES string of the molecule is CCCN(CCC)C(=O)C1=Cc2ccc(C(=O)N3CC4CC(C3)N4c3ccccc3)cc2N=C(N)C1. The highest BCUT2D eigenvalue weighted by molar-refractivity contribution is 6.06. The number of carbonyl (C=O) groups excluding carboxylic acids is 2. The monoisotopic (exact) mass is 485 g/mol. The first-order chi connectivity index (χ1) is 17.5. The van der Waals surface area contributed by atoms with Gasteiger partial charge in [-0.2, -0.15) is 0 Å². The van der Waals surface area contributed by atoms with Gasteiger partial charge >= 0.3 is 0 Å². The van der Waals surface area contributed by atoms with Gasteiger partial charge in [0.05, 0.1) is 5.69 Å². The van der Waals surface area contributed by atoms with Gasteiger partial charge in [0.15, 0.2) is 0 Å². The lowest BCUT2D eigenvalue weighted by atomic mass is 9.86. The second kappa shape index (κ2) is 10.2. The maximum atomic E-state index is 13.4. The number of para-hydroxylation sites is 1. The third-order valence-corrected chi connectivity index (χ3v) is 7.33. The maximum Gasteiger partial charge on any atom is 0.254 e. The summed E-state index contributed by atoms with van der Waals surface area (Å²) in [5.41, 5.74) is 10.2. The minimum atomic E-state index is 0.0142. The number of amides is 2. The van der Waals surface area contributed by atoms with Gasteiger partial charge < -0.3 is 20.4 Å². The fraction of sp³-hybridized carbons (Fsp3) is 0.414. The fourth-order valence-corrected chi connectivity index (χ4v) is 5.70. The van der Waals surface area contributed by atoms with Gasteiger partial charge in [0.2, 0.25) is 5.91 Å². The summed E-state index contributed by atoms with van der Waals surface area (Å²) in [4.78, 5) is 37.5. The van der Waals surface area contributed by atoms with Crippen LogP contribution in [-0.4, -0.2) is 65.7 Å². The molecular formula is C29H35N5O2. The van der Waals surface area contributed by atoms with Crippen molar-refractivity contribution < 1.29 is 9.59 Å². The molecule has 2 aromatic rings. The molecule has 4 aliphatic rings. The van der Waals surface area contributed by atoms with Crippen molar-refractivity contribution in [1.29, 1.82) is 0 Å². The molecule has 6 rings (SSSR count). The molecule has 0 aliphatic carbocycles. The van der Waals surface area contributed by atoms with Gasteiger partial charge in [-0.1, -0.05) is 38.1 Å². The van der Waals surface area contributed by atoms with E-state index in [4.69, 9.17) is 5.73 Å².